The fourth-order valence-corrected chi connectivity index (χ4v) is 7.09. The van der Waals surface area contributed by atoms with Crippen LogP contribution in [0.5, 0.6) is 5.75 Å². The highest BCUT2D eigenvalue weighted by Gasteiger charge is 2.34. The van der Waals surface area contributed by atoms with Gasteiger partial charge in [-0.2, -0.15) is 0 Å². The summed E-state index contributed by atoms with van der Waals surface area (Å²) in [6, 6.07) is 25.9. The van der Waals surface area contributed by atoms with Crippen LogP contribution in [-0.2, 0) is 0 Å². The number of benzene rings is 3. The zero-order valence-electron chi connectivity index (χ0n) is 27.0. The molecule has 2 saturated heterocycles. The molecule has 2 N–H and O–H groups in total. The highest BCUT2D eigenvalue weighted by Crippen LogP contribution is 2.33. The number of likely N-dealkylation sites (tertiary alicyclic amines) is 2. The minimum absolute atomic E-state index is 0.0149. The normalized spacial score (nSPS) is 17.0. The highest BCUT2D eigenvalue weighted by molar-refractivity contribution is 5.94. The van der Waals surface area contributed by atoms with E-state index in [2.05, 4.69) is 17.1 Å². The van der Waals surface area contributed by atoms with Crippen molar-refractivity contribution in [2.75, 3.05) is 39.3 Å². The van der Waals surface area contributed by atoms with Gasteiger partial charge in [0.2, 0.25) is 0 Å². The van der Waals surface area contributed by atoms with Gasteiger partial charge in [-0.05, 0) is 92.8 Å². The second-order valence-corrected chi connectivity index (χ2v) is 13.1. The van der Waals surface area contributed by atoms with Gasteiger partial charge in [-0.1, -0.05) is 48.5 Å². The third-order valence-corrected chi connectivity index (χ3v) is 9.81. The van der Waals surface area contributed by atoms with Crippen molar-refractivity contribution in [1.29, 1.82) is 0 Å². The summed E-state index contributed by atoms with van der Waals surface area (Å²) in [4.78, 5) is 35.7. The monoisotopic (exact) mass is 622 g/mol. The Labute approximate surface area is 272 Å². The number of aliphatic hydroxyl groups excluding tert-OH is 1. The number of aliphatic hydroxyl groups is 1. The topological polar surface area (TPSA) is 89.1 Å². The molecule has 1 aromatic heterocycles. The van der Waals surface area contributed by atoms with Gasteiger partial charge in [-0.3, -0.25) is 4.79 Å². The summed E-state index contributed by atoms with van der Waals surface area (Å²) in [7, 11) is 0. The van der Waals surface area contributed by atoms with Crippen molar-refractivity contribution in [3.05, 3.63) is 90.6 Å². The minimum Gasteiger partial charge on any atom is -0.490 e. The number of amides is 3. The van der Waals surface area contributed by atoms with Crippen LogP contribution in [0.2, 0.25) is 0 Å². The van der Waals surface area contributed by atoms with Crippen molar-refractivity contribution in [3.63, 3.8) is 0 Å². The molecule has 8 heteroatoms. The average molecular weight is 623 g/mol. The Balaban J connectivity index is 0.952. The van der Waals surface area contributed by atoms with E-state index in [1.165, 1.54) is 0 Å². The first-order valence-electron chi connectivity index (χ1n) is 16.7. The van der Waals surface area contributed by atoms with Crippen LogP contribution in [0.25, 0.3) is 22.0 Å². The third kappa shape index (κ3) is 7.23. The summed E-state index contributed by atoms with van der Waals surface area (Å²) in [6.07, 6.45) is 5.04. The molecule has 242 valence electrons. The minimum atomic E-state index is -0.798. The maximum atomic E-state index is 13.6. The molecule has 4 aromatic rings. The summed E-state index contributed by atoms with van der Waals surface area (Å²) < 4.78 is 5.95. The van der Waals surface area contributed by atoms with Crippen LogP contribution in [0, 0.1) is 11.8 Å². The molecule has 6 rings (SSSR count). The molecule has 2 fully saturated rings. The summed E-state index contributed by atoms with van der Waals surface area (Å²) >= 11 is 0. The fraction of sp³-hybridized carbons (Fsp3) is 0.421. The van der Waals surface area contributed by atoms with Crippen molar-refractivity contribution >= 4 is 22.8 Å². The van der Waals surface area contributed by atoms with Crippen molar-refractivity contribution in [2.45, 2.75) is 51.7 Å². The molecular weight excluding hydrogens is 576 g/mol. The lowest BCUT2D eigenvalue weighted by molar-refractivity contribution is 0.0493. The Morgan fingerprint density at radius 3 is 2.11 bits per heavy atom. The molecular formula is C38H46N4O4. The van der Waals surface area contributed by atoms with Gasteiger partial charge in [-0.25, -0.2) is 4.79 Å². The number of carbonyl (C=O) groups excluding carboxylic acids is 2. The molecule has 8 nitrogen and oxygen atoms in total. The molecule has 3 amide bonds. The summed E-state index contributed by atoms with van der Waals surface area (Å²) in [5.41, 5.74) is 3.99. The molecule has 0 saturated carbocycles. The number of fused-ring (bicyclic) bond motifs is 1. The largest absolute Gasteiger partial charge is 0.490 e. The third-order valence-electron chi connectivity index (χ3n) is 9.81. The van der Waals surface area contributed by atoms with Gasteiger partial charge in [0.1, 0.15) is 18.5 Å². The van der Waals surface area contributed by atoms with Crippen LogP contribution in [0.1, 0.15) is 49.9 Å². The molecule has 3 heterocycles. The zero-order chi connectivity index (χ0) is 32.0. The zero-order valence-corrected chi connectivity index (χ0v) is 27.0. The summed E-state index contributed by atoms with van der Waals surface area (Å²) in [6.45, 7) is 7.33. The van der Waals surface area contributed by atoms with E-state index in [0.717, 1.165) is 85.2 Å². The number of urea groups is 1. The van der Waals surface area contributed by atoms with Gasteiger partial charge < -0.3 is 29.5 Å². The van der Waals surface area contributed by atoms with Crippen molar-refractivity contribution in [3.8, 4) is 16.9 Å². The van der Waals surface area contributed by atoms with Crippen LogP contribution in [0.4, 0.5) is 4.79 Å². The van der Waals surface area contributed by atoms with Gasteiger partial charge >= 0.3 is 6.03 Å². The standard InChI is InChI=1S/C38H46N4O4/c1-27(2)42(25-33(43)26-46-36-10-6-9-35-34(36)15-20-39-35)38(45)41-23-18-31(19-24-41)30-16-21-40(22-17-30)37(44)32-13-11-29(12-14-32)28-7-4-3-5-8-28/h3-15,20,27,30-31,33,39,43H,16-19,21-26H2,1-2H3. The smallest absolute Gasteiger partial charge is 0.320 e. The Hall–Kier alpha value is -4.30. The van der Waals surface area contributed by atoms with Crippen molar-refractivity contribution in [1.82, 2.24) is 19.7 Å². The maximum Gasteiger partial charge on any atom is 0.320 e. The molecule has 1 atom stereocenters. The second-order valence-electron chi connectivity index (χ2n) is 13.1. The number of ether oxygens (including phenoxy) is 1. The Morgan fingerprint density at radius 1 is 0.826 bits per heavy atom. The van der Waals surface area contributed by atoms with E-state index in [9.17, 15) is 14.7 Å². The average Bonchev–Trinajstić information content (AvgIpc) is 3.59. The van der Waals surface area contributed by atoms with Crippen LogP contribution in [0.15, 0.2) is 85.1 Å². The molecule has 2 aliphatic heterocycles. The summed E-state index contributed by atoms with van der Waals surface area (Å²) in [5.74, 6) is 1.97. The molecule has 1 unspecified atom stereocenters. The maximum absolute atomic E-state index is 13.6. The number of rotatable bonds is 9. The number of hydrogen-bond acceptors (Lipinski definition) is 4. The molecule has 46 heavy (non-hydrogen) atoms. The van der Waals surface area contributed by atoms with E-state index in [-0.39, 0.29) is 31.1 Å². The number of nitrogens with one attached hydrogen (secondary N) is 1. The number of H-pyrrole nitrogens is 1. The molecule has 0 aliphatic carbocycles. The first-order chi connectivity index (χ1) is 22.4. The Bertz CT molecular complexity index is 1590. The van der Waals surface area contributed by atoms with Gasteiger partial charge in [0, 0.05) is 54.9 Å². The SMILES string of the molecule is CC(C)N(CC(O)COc1cccc2[nH]ccc12)C(=O)N1CCC(C2CCN(C(=O)c3ccc(-c4ccccc4)cc3)CC2)CC1. The molecule has 2 aliphatic rings. The number of aromatic nitrogens is 1. The number of piperidine rings is 2. The number of nitrogens with zero attached hydrogens (tertiary/aromatic N) is 3. The lowest BCUT2D eigenvalue weighted by Gasteiger charge is -2.42. The van der Waals surface area contributed by atoms with Gasteiger partial charge in [0.15, 0.2) is 0 Å². The lowest BCUT2D eigenvalue weighted by atomic mass is 9.78. The van der Waals surface area contributed by atoms with Crippen molar-refractivity contribution in [2.24, 2.45) is 11.8 Å². The van der Waals surface area contributed by atoms with Gasteiger partial charge in [-0.15, -0.1) is 0 Å². The van der Waals surface area contributed by atoms with Crippen molar-refractivity contribution < 1.29 is 19.4 Å². The molecule has 0 radical (unpaired) electrons. The summed E-state index contributed by atoms with van der Waals surface area (Å²) in [5, 5.41) is 11.8. The first kappa shape index (κ1) is 31.7. The predicted octanol–water partition coefficient (Wildman–Crippen LogP) is 6.67. The Morgan fingerprint density at radius 2 is 1.46 bits per heavy atom. The molecule has 3 aromatic carbocycles. The quantitative estimate of drug-likeness (QED) is 0.218. The first-order valence-corrected chi connectivity index (χ1v) is 16.7. The van der Waals surface area contributed by atoms with E-state index in [4.69, 9.17) is 4.74 Å². The number of aromatic amines is 1. The van der Waals surface area contributed by atoms with E-state index < -0.39 is 6.10 Å². The van der Waals surface area contributed by atoms with E-state index in [0.29, 0.717) is 11.8 Å². The number of hydrogen-bond donors (Lipinski definition) is 2. The predicted molar refractivity (Wildman–Crippen MR) is 182 cm³/mol. The van der Waals surface area contributed by atoms with Crippen LogP contribution in [0.3, 0.4) is 0 Å². The second kappa shape index (κ2) is 14.4. The lowest BCUT2D eigenvalue weighted by Crippen LogP contribution is -2.52. The van der Waals surface area contributed by atoms with E-state index in [1.807, 2.05) is 96.6 Å². The molecule has 0 spiro atoms. The molecule has 0 bridgehead atoms. The van der Waals surface area contributed by atoms with Gasteiger partial charge in [0.25, 0.3) is 5.91 Å². The van der Waals surface area contributed by atoms with Crippen LogP contribution >= 0.6 is 0 Å². The van der Waals surface area contributed by atoms with Crippen LogP contribution < -0.4 is 4.74 Å². The highest BCUT2D eigenvalue weighted by atomic mass is 16.5. The van der Waals surface area contributed by atoms with Crippen LogP contribution in [-0.4, -0.2) is 88.2 Å². The van der Waals surface area contributed by atoms with E-state index in [1.54, 1.807) is 4.90 Å². The number of carbonyl (C=O) groups is 2. The fourth-order valence-electron chi connectivity index (χ4n) is 7.09. The van der Waals surface area contributed by atoms with Gasteiger partial charge in [0.05, 0.1) is 6.54 Å². The van der Waals surface area contributed by atoms with E-state index >= 15 is 0 Å². The Kier molecular flexibility index (Phi) is 9.93.